The monoisotopic (exact) mass is 179 g/mol. The highest BCUT2D eigenvalue weighted by atomic mass is 16.1. The maximum atomic E-state index is 11.0. The summed E-state index contributed by atoms with van der Waals surface area (Å²) >= 11 is 0. The van der Waals surface area contributed by atoms with Crippen LogP contribution < -0.4 is 5.73 Å². The van der Waals surface area contributed by atoms with Gasteiger partial charge in [0.2, 0.25) is 5.91 Å². The van der Waals surface area contributed by atoms with E-state index in [0.29, 0.717) is 0 Å². The minimum atomic E-state index is -0.188. The average molecular weight is 179 g/mol. The number of nitrogens with zero attached hydrogens (tertiary/aromatic N) is 2. The van der Waals surface area contributed by atoms with Crippen molar-refractivity contribution in [2.24, 2.45) is 18.7 Å². The molecule has 0 radical (unpaired) electrons. The van der Waals surface area contributed by atoms with E-state index in [-0.39, 0.29) is 11.8 Å². The molecule has 1 amide bonds. The Balaban J connectivity index is 2.27. The van der Waals surface area contributed by atoms with E-state index in [1.165, 1.54) is 0 Å². The van der Waals surface area contributed by atoms with Crippen molar-refractivity contribution in [3.63, 3.8) is 0 Å². The molecule has 1 unspecified atom stereocenters. The van der Waals surface area contributed by atoms with Crippen molar-refractivity contribution in [1.82, 2.24) is 9.55 Å². The molecule has 1 heterocycles. The summed E-state index contributed by atoms with van der Waals surface area (Å²) in [6, 6.07) is 0. The first-order chi connectivity index (χ1) is 6.18. The second-order valence-corrected chi connectivity index (χ2v) is 3.59. The molecule has 2 rings (SSSR count). The number of carbonyl (C=O) groups is 1. The summed E-state index contributed by atoms with van der Waals surface area (Å²) in [6.45, 7) is 0. The maximum absolute atomic E-state index is 11.0. The van der Waals surface area contributed by atoms with Gasteiger partial charge in [0.25, 0.3) is 0 Å². The number of hydrogen-bond donors (Lipinski definition) is 1. The van der Waals surface area contributed by atoms with Crippen LogP contribution in [0.25, 0.3) is 0 Å². The van der Waals surface area contributed by atoms with Gasteiger partial charge in [-0.2, -0.15) is 0 Å². The molecule has 0 saturated heterocycles. The first kappa shape index (κ1) is 8.29. The molecule has 0 spiro atoms. The second-order valence-electron chi connectivity index (χ2n) is 3.59. The smallest absolute Gasteiger partial charge is 0.220 e. The van der Waals surface area contributed by atoms with Crippen molar-refractivity contribution in [3.05, 3.63) is 17.7 Å². The van der Waals surface area contributed by atoms with E-state index < -0.39 is 0 Å². The van der Waals surface area contributed by atoms with Gasteiger partial charge in [-0.1, -0.05) is 0 Å². The summed E-state index contributed by atoms with van der Waals surface area (Å²) in [4.78, 5) is 15.3. The summed E-state index contributed by atoms with van der Waals surface area (Å²) in [6.07, 6.45) is 4.28. The van der Waals surface area contributed by atoms with Crippen LogP contribution >= 0.6 is 0 Å². The molecule has 70 valence electrons. The molecule has 1 aliphatic carbocycles. The Morgan fingerprint density at radius 3 is 3.23 bits per heavy atom. The fraction of sp³-hybridized carbons (Fsp3) is 0.556. The van der Waals surface area contributed by atoms with Crippen molar-refractivity contribution in [3.8, 4) is 0 Å². The normalized spacial score (nSPS) is 21.2. The van der Waals surface area contributed by atoms with Gasteiger partial charge in [0.15, 0.2) is 0 Å². The van der Waals surface area contributed by atoms with Gasteiger partial charge in [0.05, 0.1) is 12.0 Å². The number of imidazole rings is 1. The van der Waals surface area contributed by atoms with E-state index in [1.54, 1.807) is 6.33 Å². The van der Waals surface area contributed by atoms with Crippen molar-refractivity contribution in [2.75, 3.05) is 0 Å². The third kappa shape index (κ3) is 1.32. The zero-order valence-electron chi connectivity index (χ0n) is 7.66. The molecule has 13 heavy (non-hydrogen) atoms. The van der Waals surface area contributed by atoms with Crippen LogP contribution in [-0.2, 0) is 24.7 Å². The highest BCUT2D eigenvalue weighted by Gasteiger charge is 2.25. The number of aryl methyl sites for hydroxylation is 2. The Hall–Kier alpha value is -1.32. The van der Waals surface area contributed by atoms with Crippen molar-refractivity contribution < 1.29 is 4.79 Å². The highest BCUT2D eigenvalue weighted by molar-refractivity contribution is 5.77. The second kappa shape index (κ2) is 2.87. The lowest BCUT2D eigenvalue weighted by Gasteiger charge is -2.19. The van der Waals surface area contributed by atoms with Crippen LogP contribution in [0.1, 0.15) is 17.8 Å². The van der Waals surface area contributed by atoms with Crippen LogP contribution in [0.2, 0.25) is 0 Å². The lowest BCUT2D eigenvalue weighted by Crippen LogP contribution is -2.29. The van der Waals surface area contributed by atoms with Gasteiger partial charge in [-0.25, -0.2) is 4.98 Å². The number of primary amides is 1. The molecular weight excluding hydrogens is 166 g/mol. The summed E-state index contributed by atoms with van der Waals surface area (Å²) in [5.74, 6) is -0.185. The first-order valence-electron chi connectivity index (χ1n) is 4.47. The first-order valence-corrected chi connectivity index (χ1v) is 4.47. The molecule has 0 bridgehead atoms. The predicted molar refractivity (Wildman–Crippen MR) is 47.9 cm³/mol. The van der Waals surface area contributed by atoms with E-state index >= 15 is 0 Å². The van der Waals surface area contributed by atoms with E-state index in [2.05, 4.69) is 4.98 Å². The van der Waals surface area contributed by atoms with Gasteiger partial charge < -0.3 is 10.3 Å². The molecule has 0 aromatic carbocycles. The largest absolute Gasteiger partial charge is 0.369 e. The Kier molecular flexibility index (Phi) is 1.83. The van der Waals surface area contributed by atoms with Gasteiger partial charge in [-0.05, 0) is 12.8 Å². The van der Waals surface area contributed by atoms with Crippen LogP contribution in [-0.4, -0.2) is 15.5 Å². The lowest BCUT2D eigenvalue weighted by molar-refractivity contribution is -0.122. The van der Waals surface area contributed by atoms with Crippen LogP contribution in [0.5, 0.6) is 0 Å². The molecular formula is C9H13N3O. The zero-order valence-corrected chi connectivity index (χ0v) is 7.66. The van der Waals surface area contributed by atoms with Crippen LogP contribution in [0.3, 0.4) is 0 Å². The Labute approximate surface area is 76.8 Å². The Morgan fingerprint density at radius 2 is 2.54 bits per heavy atom. The van der Waals surface area contributed by atoms with Crippen molar-refractivity contribution in [2.45, 2.75) is 19.3 Å². The number of fused-ring (bicyclic) bond motifs is 1. The zero-order chi connectivity index (χ0) is 9.42. The van der Waals surface area contributed by atoms with E-state index in [4.69, 9.17) is 5.73 Å². The molecule has 0 aliphatic heterocycles. The lowest BCUT2D eigenvalue weighted by atomic mass is 9.89. The molecule has 1 aromatic rings. The maximum Gasteiger partial charge on any atom is 0.220 e. The number of carbonyl (C=O) groups excluding carboxylic acids is 1. The molecule has 0 fully saturated rings. The minimum Gasteiger partial charge on any atom is -0.369 e. The SMILES string of the molecule is Cn1cnc2c1CC(C(N)=O)CC2. The summed E-state index contributed by atoms with van der Waals surface area (Å²) < 4.78 is 1.98. The van der Waals surface area contributed by atoms with Crippen LogP contribution in [0, 0.1) is 5.92 Å². The molecule has 4 nitrogen and oxygen atoms in total. The molecule has 4 heteroatoms. The molecule has 1 aromatic heterocycles. The van der Waals surface area contributed by atoms with Gasteiger partial charge in [-0.3, -0.25) is 4.79 Å². The third-order valence-electron chi connectivity index (χ3n) is 2.72. The summed E-state index contributed by atoms with van der Waals surface area (Å²) in [5.41, 5.74) is 7.56. The Bertz CT molecular complexity index is 343. The number of hydrogen-bond acceptors (Lipinski definition) is 2. The van der Waals surface area contributed by atoms with Gasteiger partial charge in [-0.15, -0.1) is 0 Å². The predicted octanol–water partition coefficient (Wildman–Crippen LogP) is 0.0103. The van der Waals surface area contributed by atoms with Crippen LogP contribution in [0.4, 0.5) is 0 Å². The van der Waals surface area contributed by atoms with Gasteiger partial charge >= 0.3 is 0 Å². The number of aromatic nitrogens is 2. The summed E-state index contributed by atoms with van der Waals surface area (Å²) in [7, 11) is 1.95. The van der Waals surface area contributed by atoms with E-state index in [9.17, 15) is 4.79 Å². The van der Waals surface area contributed by atoms with Gasteiger partial charge in [0.1, 0.15) is 0 Å². The Morgan fingerprint density at radius 1 is 1.77 bits per heavy atom. The quantitative estimate of drug-likeness (QED) is 0.660. The summed E-state index contributed by atoms with van der Waals surface area (Å²) in [5, 5.41) is 0. The van der Waals surface area contributed by atoms with E-state index in [0.717, 1.165) is 30.7 Å². The fourth-order valence-electron chi connectivity index (χ4n) is 1.86. The molecule has 1 atom stereocenters. The van der Waals surface area contributed by atoms with Crippen molar-refractivity contribution in [1.29, 1.82) is 0 Å². The average Bonchev–Trinajstić information content (AvgIpc) is 2.47. The number of nitrogens with two attached hydrogens (primary N) is 1. The van der Waals surface area contributed by atoms with Crippen LogP contribution in [0.15, 0.2) is 6.33 Å². The fourth-order valence-corrected chi connectivity index (χ4v) is 1.86. The third-order valence-corrected chi connectivity index (χ3v) is 2.72. The number of rotatable bonds is 1. The number of amides is 1. The standard InChI is InChI=1S/C9H13N3O/c1-12-5-11-7-3-2-6(9(10)13)4-8(7)12/h5-6H,2-4H2,1H3,(H2,10,13). The van der Waals surface area contributed by atoms with E-state index in [1.807, 2.05) is 11.6 Å². The molecule has 1 aliphatic rings. The highest BCUT2D eigenvalue weighted by Crippen LogP contribution is 2.23. The van der Waals surface area contributed by atoms with Crippen molar-refractivity contribution >= 4 is 5.91 Å². The van der Waals surface area contributed by atoms with Gasteiger partial charge in [0, 0.05) is 25.1 Å². The topological polar surface area (TPSA) is 60.9 Å². The minimum absolute atomic E-state index is 0.00269. The molecule has 2 N–H and O–H groups in total. The molecule has 0 saturated carbocycles.